The van der Waals surface area contributed by atoms with Crippen LogP contribution in [0.2, 0.25) is 0 Å². The molecule has 118 valence electrons. The van der Waals surface area contributed by atoms with E-state index in [9.17, 15) is 14.3 Å². The highest BCUT2D eigenvalue weighted by Gasteiger charge is 2.14. The van der Waals surface area contributed by atoms with Gasteiger partial charge in [-0.1, -0.05) is 32.0 Å². The van der Waals surface area contributed by atoms with Crippen molar-refractivity contribution in [3.05, 3.63) is 64.8 Å². The van der Waals surface area contributed by atoms with Crippen LogP contribution >= 0.6 is 0 Å². The van der Waals surface area contributed by atoms with Gasteiger partial charge in [0, 0.05) is 34.6 Å². The fraction of sp³-hybridized carbons (Fsp3) is 0.211. The summed E-state index contributed by atoms with van der Waals surface area (Å²) in [6, 6.07) is 11.0. The van der Waals surface area contributed by atoms with Gasteiger partial charge in [-0.3, -0.25) is 4.79 Å². The van der Waals surface area contributed by atoms with Crippen molar-refractivity contribution in [2.45, 2.75) is 20.4 Å². The van der Waals surface area contributed by atoms with Crippen LogP contribution in [-0.4, -0.2) is 9.67 Å². The minimum absolute atomic E-state index is 0.0519. The SMILES string of the molecule is CC(C)Cn1cc(-c2ccccc2F)c2cc(O)ccc2c1=O. The lowest BCUT2D eigenvalue weighted by Gasteiger charge is -2.15. The van der Waals surface area contributed by atoms with Gasteiger partial charge in [-0.25, -0.2) is 4.39 Å². The van der Waals surface area contributed by atoms with Crippen LogP contribution < -0.4 is 5.56 Å². The summed E-state index contributed by atoms with van der Waals surface area (Å²) in [5.41, 5.74) is 0.892. The second kappa shape index (κ2) is 5.88. The predicted molar refractivity (Wildman–Crippen MR) is 90.1 cm³/mol. The quantitative estimate of drug-likeness (QED) is 0.789. The molecule has 0 radical (unpaired) electrons. The number of hydrogen-bond acceptors (Lipinski definition) is 2. The van der Waals surface area contributed by atoms with Gasteiger partial charge in [0.1, 0.15) is 11.6 Å². The van der Waals surface area contributed by atoms with Gasteiger partial charge in [0.15, 0.2) is 0 Å². The maximum absolute atomic E-state index is 14.2. The van der Waals surface area contributed by atoms with E-state index in [0.29, 0.717) is 28.4 Å². The Balaban J connectivity index is 2.39. The number of phenols is 1. The van der Waals surface area contributed by atoms with Crippen LogP contribution in [0.5, 0.6) is 5.75 Å². The summed E-state index contributed by atoms with van der Waals surface area (Å²) in [4.78, 5) is 12.6. The molecule has 1 N–H and O–H groups in total. The van der Waals surface area contributed by atoms with Gasteiger partial charge in [-0.15, -0.1) is 0 Å². The Bertz CT molecular complexity index is 928. The molecule has 0 bridgehead atoms. The Morgan fingerprint density at radius 1 is 1.09 bits per heavy atom. The van der Waals surface area contributed by atoms with Crippen molar-refractivity contribution in [1.82, 2.24) is 4.57 Å². The highest BCUT2D eigenvalue weighted by molar-refractivity contribution is 5.96. The number of nitrogens with zero attached hydrogens (tertiary/aromatic N) is 1. The molecular weight excluding hydrogens is 293 g/mol. The molecular formula is C19H18FNO2. The molecule has 4 heteroatoms. The normalized spacial score (nSPS) is 11.3. The fourth-order valence-electron chi connectivity index (χ4n) is 2.80. The van der Waals surface area contributed by atoms with Gasteiger partial charge in [0.05, 0.1) is 0 Å². The molecule has 1 aromatic heterocycles. The number of fused-ring (bicyclic) bond motifs is 1. The third kappa shape index (κ3) is 2.84. The van der Waals surface area contributed by atoms with Crippen LogP contribution in [0.4, 0.5) is 4.39 Å². The van der Waals surface area contributed by atoms with E-state index in [1.54, 1.807) is 35.0 Å². The van der Waals surface area contributed by atoms with E-state index in [1.807, 2.05) is 13.8 Å². The van der Waals surface area contributed by atoms with Crippen molar-refractivity contribution in [3.63, 3.8) is 0 Å². The molecule has 0 aliphatic carbocycles. The minimum atomic E-state index is -0.355. The molecule has 0 aliphatic heterocycles. The molecule has 0 saturated heterocycles. The summed E-state index contributed by atoms with van der Waals surface area (Å²) >= 11 is 0. The minimum Gasteiger partial charge on any atom is -0.508 e. The van der Waals surface area contributed by atoms with E-state index in [-0.39, 0.29) is 23.0 Å². The Morgan fingerprint density at radius 2 is 1.83 bits per heavy atom. The summed E-state index contributed by atoms with van der Waals surface area (Å²) < 4.78 is 15.9. The van der Waals surface area contributed by atoms with Gasteiger partial charge in [-0.05, 0) is 30.2 Å². The first kappa shape index (κ1) is 15.3. The van der Waals surface area contributed by atoms with Gasteiger partial charge in [-0.2, -0.15) is 0 Å². The Hall–Kier alpha value is -2.62. The van der Waals surface area contributed by atoms with Crippen LogP contribution in [0.3, 0.4) is 0 Å². The van der Waals surface area contributed by atoms with Crippen molar-refractivity contribution in [2.75, 3.05) is 0 Å². The van der Waals surface area contributed by atoms with E-state index in [1.165, 1.54) is 18.2 Å². The summed E-state index contributed by atoms with van der Waals surface area (Å²) in [6.07, 6.45) is 1.68. The van der Waals surface area contributed by atoms with Crippen molar-refractivity contribution in [3.8, 4) is 16.9 Å². The largest absolute Gasteiger partial charge is 0.508 e. The first-order valence-corrected chi connectivity index (χ1v) is 7.58. The molecule has 0 spiro atoms. The number of phenolic OH excluding ortho intramolecular Hbond substituents is 1. The summed E-state index contributed by atoms with van der Waals surface area (Å²) in [6.45, 7) is 4.60. The lowest BCUT2D eigenvalue weighted by atomic mass is 9.99. The molecule has 3 nitrogen and oxygen atoms in total. The van der Waals surface area contributed by atoms with Crippen molar-refractivity contribution < 1.29 is 9.50 Å². The zero-order valence-electron chi connectivity index (χ0n) is 13.1. The Labute approximate surface area is 133 Å². The average Bonchev–Trinajstić information content (AvgIpc) is 2.50. The van der Waals surface area contributed by atoms with Crippen LogP contribution in [0.25, 0.3) is 21.9 Å². The monoisotopic (exact) mass is 311 g/mol. The highest BCUT2D eigenvalue weighted by Crippen LogP contribution is 2.31. The Kier molecular flexibility index (Phi) is 3.90. The number of hydrogen-bond donors (Lipinski definition) is 1. The number of aromatic nitrogens is 1. The zero-order chi connectivity index (χ0) is 16.6. The Morgan fingerprint density at radius 3 is 2.52 bits per heavy atom. The molecule has 1 heterocycles. The number of rotatable bonds is 3. The lowest BCUT2D eigenvalue weighted by molar-refractivity contribution is 0.476. The zero-order valence-corrected chi connectivity index (χ0v) is 13.1. The summed E-state index contributed by atoms with van der Waals surface area (Å²) in [7, 11) is 0. The number of halogens is 1. The molecule has 0 saturated carbocycles. The van der Waals surface area contributed by atoms with Crippen LogP contribution in [0.15, 0.2) is 53.5 Å². The van der Waals surface area contributed by atoms with Crippen LogP contribution in [0.1, 0.15) is 13.8 Å². The second-order valence-electron chi connectivity index (χ2n) is 6.10. The third-order valence-electron chi connectivity index (χ3n) is 3.80. The molecule has 0 atom stereocenters. The van der Waals surface area contributed by atoms with E-state index in [4.69, 9.17) is 0 Å². The van der Waals surface area contributed by atoms with Crippen molar-refractivity contribution in [1.29, 1.82) is 0 Å². The summed E-state index contributed by atoms with van der Waals surface area (Å²) in [5, 5.41) is 10.8. The first-order chi connectivity index (χ1) is 11.0. The lowest BCUT2D eigenvalue weighted by Crippen LogP contribution is -2.22. The molecule has 2 aromatic carbocycles. The molecule has 0 aliphatic rings. The number of benzene rings is 2. The predicted octanol–water partition coefficient (Wildman–Crippen LogP) is 4.17. The number of aromatic hydroxyl groups is 1. The van der Waals surface area contributed by atoms with E-state index >= 15 is 0 Å². The molecule has 3 aromatic rings. The van der Waals surface area contributed by atoms with Crippen LogP contribution in [-0.2, 0) is 6.54 Å². The molecule has 0 unspecified atom stereocenters. The molecule has 0 fully saturated rings. The number of pyridine rings is 1. The maximum atomic E-state index is 14.2. The smallest absolute Gasteiger partial charge is 0.258 e. The van der Waals surface area contributed by atoms with E-state index in [0.717, 1.165) is 0 Å². The fourth-order valence-corrected chi connectivity index (χ4v) is 2.80. The highest BCUT2D eigenvalue weighted by atomic mass is 19.1. The molecule has 23 heavy (non-hydrogen) atoms. The van der Waals surface area contributed by atoms with Gasteiger partial charge in [0.25, 0.3) is 5.56 Å². The first-order valence-electron chi connectivity index (χ1n) is 7.58. The van der Waals surface area contributed by atoms with Crippen LogP contribution in [0, 0.1) is 11.7 Å². The third-order valence-corrected chi connectivity index (χ3v) is 3.80. The van der Waals surface area contributed by atoms with Gasteiger partial charge in [0.2, 0.25) is 0 Å². The van der Waals surface area contributed by atoms with Crippen molar-refractivity contribution >= 4 is 10.8 Å². The summed E-state index contributed by atoms with van der Waals surface area (Å²) in [5.74, 6) is -0.0151. The maximum Gasteiger partial charge on any atom is 0.258 e. The molecule has 3 rings (SSSR count). The standard InChI is InChI=1S/C19H18FNO2/c1-12(2)10-21-11-17(14-5-3-4-6-18(14)20)16-9-13(22)7-8-15(16)19(21)23/h3-9,11-12,22H,10H2,1-2H3. The topological polar surface area (TPSA) is 42.2 Å². The van der Waals surface area contributed by atoms with Gasteiger partial charge >= 0.3 is 0 Å². The second-order valence-corrected chi connectivity index (χ2v) is 6.10. The average molecular weight is 311 g/mol. The van der Waals surface area contributed by atoms with Gasteiger partial charge < -0.3 is 9.67 Å². The van der Waals surface area contributed by atoms with E-state index in [2.05, 4.69) is 0 Å². The van der Waals surface area contributed by atoms with E-state index < -0.39 is 0 Å². The van der Waals surface area contributed by atoms with Crippen molar-refractivity contribution in [2.24, 2.45) is 5.92 Å². The molecule has 0 amide bonds.